The predicted molar refractivity (Wildman–Crippen MR) is 193 cm³/mol. The number of fused-ring (bicyclic) bond motifs is 1. The molecular formula is C34H38F3N3O9P2Si. The molecule has 1 aliphatic heterocycles. The molecule has 1 aliphatic rings. The Morgan fingerprint density at radius 2 is 1.58 bits per heavy atom. The second-order valence-electron chi connectivity index (χ2n) is 14.0. The molecular weight excluding hydrogens is 741 g/mol. The van der Waals surface area contributed by atoms with Gasteiger partial charge in [-0.2, -0.15) is 0 Å². The Morgan fingerprint density at radius 1 is 0.942 bits per heavy atom. The van der Waals surface area contributed by atoms with Crippen molar-refractivity contribution in [3.8, 4) is 11.4 Å². The molecule has 0 radical (unpaired) electrons. The van der Waals surface area contributed by atoms with Crippen LogP contribution in [-0.2, 0) is 15.6 Å². The third kappa shape index (κ3) is 8.27. The Bertz CT molecular complexity index is 2200. The minimum Gasteiger partial charge on any atom is -0.410 e. The number of ether oxygens (including phenoxy) is 1. The van der Waals surface area contributed by atoms with Gasteiger partial charge in [-0.15, -0.1) is 0 Å². The summed E-state index contributed by atoms with van der Waals surface area (Å²) in [7, 11) is -11.6. The van der Waals surface area contributed by atoms with Crippen LogP contribution in [0.1, 0.15) is 22.8 Å². The number of hydrogen-bond donors (Lipinski definition) is 3. The van der Waals surface area contributed by atoms with Crippen molar-refractivity contribution in [1.82, 2.24) is 9.47 Å². The smallest absolute Gasteiger partial charge is 0.410 e. The zero-order chi connectivity index (χ0) is 38.5. The van der Waals surface area contributed by atoms with Crippen LogP contribution in [0.4, 0.5) is 23.7 Å². The first-order valence-electron chi connectivity index (χ1n) is 16.1. The van der Waals surface area contributed by atoms with Crippen molar-refractivity contribution >= 4 is 51.1 Å². The van der Waals surface area contributed by atoms with E-state index in [1.54, 1.807) is 31.5 Å². The van der Waals surface area contributed by atoms with Crippen molar-refractivity contribution < 1.29 is 51.3 Å². The highest BCUT2D eigenvalue weighted by molar-refractivity contribution is 7.73. The molecule has 5 rings (SSSR count). The van der Waals surface area contributed by atoms with Crippen LogP contribution < -0.4 is 15.1 Å². The maximum Gasteiger partial charge on any atom is 0.415 e. The maximum absolute atomic E-state index is 15.9. The molecule has 1 fully saturated rings. The lowest BCUT2D eigenvalue weighted by Crippen LogP contribution is -2.55. The number of anilines is 1. The van der Waals surface area contributed by atoms with E-state index >= 15 is 8.78 Å². The number of carbonyl (C=O) groups excluding carboxylic acids is 2. The fourth-order valence-corrected chi connectivity index (χ4v) is 10.3. The van der Waals surface area contributed by atoms with Gasteiger partial charge in [-0.1, -0.05) is 31.8 Å². The number of aromatic nitrogens is 1. The molecule has 0 bridgehead atoms. The predicted octanol–water partition coefficient (Wildman–Crippen LogP) is 6.12. The van der Waals surface area contributed by atoms with E-state index in [9.17, 15) is 42.6 Å². The molecule has 4 aromatic rings. The molecule has 2 heterocycles. The molecule has 3 atom stereocenters. The molecule has 0 spiro atoms. The number of halogens is 3. The number of piperazine rings is 1. The van der Waals surface area contributed by atoms with Crippen LogP contribution in [0.3, 0.4) is 0 Å². The first kappa shape index (κ1) is 39.2. The number of nitrogens with zero attached hydrogens (tertiary/aromatic N) is 3. The normalized spacial score (nSPS) is 17.2. The van der Waals surface area contributed by atoms with Crippen molar-refractivity contribution in [2.24, 2.45) is 0 Å². The van der Waals surface area contributed by atoms with Gasteiger partial charge >= 0.3 is 13.7 Å². The number of hydrogen-bond acceptors (Lipinski definition) is 7. The zero-order valence-corrected chi connectivity index (χ0v) is 31.7. The summed E-state index contributed by atoms with van der Waals surface area (Å²) in [4.78, 5) is 72.0. The van der Waals surface area contributed by atoms with Crippen molar-refractivity contribution in [2.45, 2.75) is 44.4 Å². The second kappa shape index (κ2) is 14.4. The van der Waals surface area contributed by atoms with Crippen LogP contribution in [0.15, 0.2) is 65.6 Å². The van der Waals surface area contributed by atoms with E-state index in [0.717, 1.165) is 24.9 Å². The molecule has 0 saturated carbocycles. The van der Waals surface area contributed by atoms with Crippen LogP contribution in [0.5, 0.6) is 5.75 Å². The monoisotopic (exact) mass is 779 g/mol. The molecule has 12 nitrogen and oxygen atoms in total. The van der Waals surface area contributed by atoms with Crippen LogP contribution >= 0.6 is 15.0 Å². The van der Waals surface area contributed by atoms with Gasteiger partial charge in [0.05, 0.1) is 22.5 Å². The minimum absolute atomic E-state index is 0.0519. The van der Waals surface area contributed by atoms with Gasteiger partial charge < -0.3 is 33.8 Å². The van der Waals surface area contributed by atoms with Crippen molar-refractivity contribution in [2.75, 3.05) is 31.2 Å². The fourth-order valence-electron chi connectivity index (χ4n) is 6.10. The number of benzene rings is 3. The van der Waals surface area contributed by atoms with Gasteiger partial charge in [-0.3, -0.25) is 18.7 Å². The van der Waals surface area contributed by atoms with Gasteiger partial charge in [0.2, 0.25) is 7.37 Å². The lowest BCUT2D eigenvalue weighted by Gasteiger charge is -2.40. The van der Waals surface area contributed by atoms with Crippen molar-refractivity contribution in [3.63, 3.8) is 0 Å². The summed E-state index contributed by atoms with van der Waals surface area (Å²) in [6.45, 7) is 8.18. The molecule has 18 heteroatoms. The van der Waals surface area contributed by atoms with Gasteiger partial charge in [0.15, 0.2) is 5.43 Å². The Kier molecular flexibility index (Phi) is 10.9. The highest BCUT2D eigenvalue weighted by atomic mass is 31.2. The van der Waals surface area contributed by atoms with Crippen LogP contribution in [-0.4, -0.2) is 81.5 Å². The summed E-state index contributed by atoms with van der Waals surface area (Å²) in [5.74, 6) is -2.46. The highest BCUT2D eigenvalue weighted by Crippen LogP contribution is 2.61. The van der Waals surface area contributed by atoms with E-state index in [1.807, 2.05) is 0 Å². The Labute approximate surface area is 298 Å². The molecule has 0 aliphatic carbocycles. The summed E-state index contributed by atoms with van der Waals surface area (Å²) in [6, 6.07) is 10.3. The third-order valence-corrected chi connectivity index (χ3v) is 14.9. The van der Waals surface area contributed by atoms with E-state index in [2.05, 4.69) is 0 Å². The zero-order valence-electron chi connectivity index (χ0n) is 28.9. The molecule has 1 amide bonds. The standard InChI is InChI=1S/C34H38F3N3O9P2Si/c1-20-18-38(12-13-39(20)34(43)49-23-9-6-21(7-10-23)14-31(50(2,44)45)51(46,47)48)30-17-29-24(16-27(30)37)32(41)25(33(42)52(3,4)5)19-40(29)28-11-8-22(35)15-26(28)36/h6-11,15-17,19-20,31H,12-14,18H2,1-5H3,(H,44,45)(H2,46,47,48). The van der Waals surface area contributed by atoms with E-state index in [4.69, 9.17) is 4.74 Å². The maximum atomic E-state index is 15.9. The fraction of sp³-hybridized carbons (Fsp3) is 0.324. The average Bonchev–Trinajstić information content (AvgIpc) is 3.03. The largest absolute Gasteiger partial charge is 0.415 e. The summed E-state index contributed by atoms with van der Waals surface area (Å²) >= 11 is 0. The molecule has 1 saturated heterocycles. The van der Waals surface area contributed by atoms with Crippen molar-refractivity contribution in [3.05, 3.63) is 99.6 Å². The number of amides is 1. The highest BCUT2D eigenvalue weighted by Gasteiger charge is 2.40. The van der Waals surface area contributed by atoms with Gasteiger partial charge in [0.25, 0.3) is 0 Å². The van der Waals surface area contributed by atoms with Gasteiger partial charge in [0, 0.05) is 50.0 Å². The Hall–Kier alpha value is -4.04. The first-order chi connectivity index (χ1) is 24.1. The SMILES string of the molecule is CC1CN(c2cc3c(cc2F)c(=O)c(C(=O)[Si](C)(C)C)cn3-c2ccc(F)cc2F)CCN1C(=O)Oc1ccc(CC(P(C)(=O)O)P(=O)(O)O)cc1. The van der Waals surface area contributed by atoms with E-state index in [-0.39, 0.29) is 59.6 Å². The molecule has 52 heavy (non-hydrogen) atoms. The minimum atomic E-state index is -4.89. The summed E-state index contributed by atoms with van der Waals surface area (Å²) in [6.07, 6.45) is 0.123. The average molecular weight is 780 g/mol. The molecule has 278 valence electrons. The summed E-state index contributed by atoms with van der Waals surface area (Å²) in [5.41, 5.74) is -0.597. The molecule has 1 aromatic heterocycles. The van der Waals surface area contributed by atoms with Crippen molar-refractivity contribution in [1.29, 1.82) is 0 Å². The lowest BCUT2D eigenvalue weighted by atomic mass is 10.1. The topological polar surface area (TPSA) is 167 Å². The van der Waals surface area contributed by atoms with Gasteiger partial charge in [0.1, 0.15) is 42.1 Å². The lowest BCUT2D eigenvalue weighted by molar-refractivity contribution is 0.106. The van der Waals surface area contributed by atoms with E-state index in [1.165, 1.54) is 46.0 Å². The summed E-state index contributed by atoms with van der Waals surface area (Å²) < 4.78 is 75.5. The quantitative estimate of drug-likeness (QED) is 0.133. The van der Waals surface area contributed by atoms with Crippen LogP contribution in [0.25, 0.3) is 16.6 Å². The van der Waals surface area contributed by atoms with E-state index < -0.39 is 68.9 Å². The van der Waals surface area contributed by atoms with Crippen LogP contribution in [0, 0.1) is 17.5 Å². The molecule has 3 aromatic carbocycles. The second-order valence-corrected chi connectivity index (χ2v) is 23.6. The van der Waals surface area contributed by atoms with E-state index in [0.29, 0.717) is 11.6 Å². The van der Waals surface area contributed by atoms with Crippen LogP contribution in [0.2, 0.25) is 19.6 Å². The number of pyridine rings is 1. The van der Waals surface area contributed by atoms with Gasteiger partial charge in [-0.05, 0) is 55.3 Å². The number of rotatable bonds is 9. The summed E-state index contributed by atoms with van der Waals surface area (Å²) in [5, 5.41) is -2.35. The van der Waals surface area contributed by atoms with Gasteiger partial charge in [-0.25, -0.2) is 18.0 Å². The first-order valence-corrected chi connectivity index (χ1v) is 23.5. The number of carbonyl (C=O) groups is 2. The Morgan fingerprint density at radius 3 is 2.13 bits per heavy atom. The Balaban J connectivity index is 1.39. The molecule has 3 N–H and O–H groups in total. The molecule has 3 unspecified atom stereocenters. The third-order valence-electron chi connectivity index (χ3n) is 8.86.